The molecule has 2 aliphatic rings. The van der Waals surface area contributed by atoms with E-state index >= 15 is 0 Å². The van der Waals surface area contributed by atoms with Crippen LogP contribution in [0.15, 0.2) is 72.6 Å². The normalized spacial score (nSPS) is 19.5. The highest BCUT2D eigenvalue weighted by Gasteiger charge is 2.46. The second kappa shape index (κ2) is 8.54. The summed E-state index contributed by atoms with van der Waals surface area (Å²) in [4.78, 5) is 31.8. The van der Waals surface area contributed by atoms with E-state index < -0.39 is 17.7 Å². The van der Waals surface area contributed by atoms with Gasteiger partial charge in [0.1, 0.15) is 11.5 Å². The molecule has 1 fully saturated rings. The zero-order chi connectivity index (χ0) is 22.9. The highest BCUT2D eigenvalue weighted by molar-refractivity contribution is 6.46. The van der Waals surface area contributed by atoms with Gasteiger partial charge in [0.15, 0.2) is 0 Å². The second-order valence-electron chi connectivity index (χ2n) is 8.57. The van der Waals surface area contributed by atoms with Gasteiger partial charge in [-0.05, 0) is 72.2 Å². The standard InChI is InChI=1S/C27H24N2O4/c30-22-9-3-8-20(14-22)24-23(25(31)21-11-10-18-6-1-2-7-19(18)13-21)26(32)27(33)29(24)16-17-5-4-12-28-15-17/h3-5,8-15,24,30-31H,1-2,6-7,16H2/b25-23-. The lowest BCUT2D eigenvalue weighted by Crippen LogP contribution is -2.29. The van der Waals surface area contributed by atoms with Crippen LogP contribution >= 0.6 is 0 Å². The number of ketones is 1. The van der Waals surface area contributed by atoms with Crippen LogP contribution in [0.5, 0.6) is 5.75 Å². The Kier molecular flexibility index (Phi) is 5.42. The van der Waals surface area contributed by atoms with Gasteiger partial charge in [-0.15, -0.1) is 0 Å². The van der Waals surface area contributed by atoms with Crippen molar-refractivity contribution in [2.45, 2.75) is 38.3 Å². The summed E-state index contributed by atoms with van der Waals surface area (Å²) in [6.45, 7) is 0.152. The summed E-state index contributed by atoms with van der Waals surface area (Å²) in [7, 11) is 0. The minimum atomic E-state index is -0.826. The van der Waals surface area contributed by atoms with Crippen LogP contribution < -0.4 is 0 Å². The lowest BCUT2D eigenvalue weighted by Gasteiger charge is -2.25. The van der Waals surface area contributed by atoms with Crippen molar-refractivity contribution in [2.75, 3.05) is 0 Å². The van der Waals surface area contributed by atoms with E-state index in [9.17, 15) is 19.8 Å². The minimum Gasteiger partial charge on any atom is -0.508 e. The predicted octanol–water partition coefficient (Wildman–Crippen LogP) is 4.29. The van der Waals surface area contributed by atoms with E-state index in [-0.39, 0.29) is 23.6 Å². The van der Waals surface area contributed by atoms with E-state index in [1.165, 1.54) is 28.2 Å². The van der Waals surface area contributed by atoms with Crippen molar-refractivity contribution in [3.8, 4) is 5.75 Å². The number of nitrogens with zero attached hydrogens (tertiary/aromatic N) is 2. The molecule has 0 radical (unpaired) electrons. The highest BCUT2D eigenvalue weighted by atomic mass is 16.3. The number of hydrogen-bond donors (Lipinski definition) is 2. The fourth-order valence-corrected chi connectivity index (χ4v) is 4.81. The molecule has 33 heavy (non-hydrogen) atoms. The number of aromatic nitrogens is 1. The monoisotopic (exact) mass is 440 g/mol. The first-order valence-corrected chi connectivity index (χ1v) is 11.1. The van der Waals surface area contributed by atoms with Crippen molar-refractivity contribution in [2.24, 2.45) is 0 Å². The van der Waals surface area contributed by atoms with Crippen molar-refractivity contribution >= 4 is 17.4 Å². The molecular weight excluding hydrogens is 416 g/mol. The quantitative estimate of drug-likeness (QED) is 0.359. The number of amides is 1. The summed E-state index contributed by atoms with van der Waals surface area (Å²) in [6, 6.07) is 15.0. The molecule has 1 aliphatic heterocycles. The summed E-state index contributed by atoms with van der Waals surface area (Å²) in [5.41, 5.74) is 4.31. The molecule has 1 aromatic heterocycles. The van der Waals surface area contributed by atoms with Gasteiger partial charge in [-0.1, -0.05) is 30.3 Å². The summed E-state index contributed by atoms with van der Waals surface area (Å²) < 4.78 is 0. The maximum absolute atomic E-state index is 13.2. The van der Waals surface area contributed by atoms with Gasteiger partial charge in [0.25, 0.3) is 11.7 Å². The molecule has 1 atom stereocenters. The Labute approximate surface area is 191 Å². The first kappa shape index (κ1) is 20.9. The first-order valence-electron chi connectivity index (χ1n) is 11.1. The first-order chi connectivity index (χ1) is 16.0. The number of rotatable bonds is 4. The van der Waals surface area contributed by atoms with Crippen LogP contribution in [0.25, 0.3) is 5.76 Å². The van der Waals surface area contributed by atoms with E-state index in [0.29, 0.717) is 11.1 Å². The smallest absolute Gasteiger partial charge is 0.295 e. The fraction of sp³-hybridized carbons (Fsp3) is 0.222. The molecular formula is C27H24N2O4. The van der Waals surface area contributed by atoms with Gasteiger partial charge in [-0.25, -0.2) is 0 Å². The van der Waals surface area contributed by atoms with Gasteiger partial charge in [0.2, 0.25) is 0 Å². The molecule has 1 unspecified atom stereocenters. The van der Waals surface area contributed by atoms with Crippen LogP contribution in [0.3, 0.4) is 0 Å². The van der Waals surface area contributed by atoms with E-state index in [1.54, 1.807) is 30.6 Å². The van der Waals surface area contributed by atoms with E-state index in [4.69, 9.17) is 0 Å². The second-order valence-corrected chi connectivity index (χ2v) is 8.57. The van der Waals surface area contributed by atoms with Crippen molar-refractivity contribution in [3.05, 3.63) is 100 Å². The maximum atomic E-state index is 13.2. The molecule has 1 saturated heterocycles. The van der Waals surface area contributed by atoms with E-state index in [2.05, 4.69) is 4.98 Å². The molecule has 2 aromatic carbocycles. The molecule has 0 saturated carbocycles. The molecule has 6 nitrogen and oxygen atoms in total. The van der Waals surface area contributed by atoms with Crippen LogP contribution in [0.2, 0.25) is 0 Å². The average molecular weight is 440 g/mol. The maximum Gasteiger partial charge on any atom is 0.295 e. The lowest BCUT2D eigenvalue weighted by molar-refractivity contribution is -0.140. The third-order valence-electron chi connectivity index (χ3n) is 6.42. The topological polar surface area (TPSA) is 90.7 Å². The lowest BCUT2D eigenvalue weighted by atomic mass is 9.88. The number of hydrogen-bond acceptors (Lipinski definition) is 5. The molecule has 6 heteroatoms. The van der Waals surface area contributed by atoms with Crippen LogP contribution in [-0.2, 0) is 29.0 Å². The van der Waals surface area contributed by atoms with Crippen LogP contribution in [0, 0.1) is 0 Å². The number of aryl methyl sites for hydroxylation is 2. The summed E-state index contributed by atoms with van der Waals surface area (Å²) in [5, 5.41) is 21.4. The number of aliphatic hydroxyl groups excluding tert-OH is 1. The van der Waals surface area contributed by atoms with Crippen molar-refractivity contribution in [1.29, 1.82) is 0 Å². The zero-order valence-electron chi connectivity index (χ0n) is 18.1. The number of fused-ring (bicyclic) bond motifs is 1. The zero-order valence-corrected chi connectivity index (χ0v) is 18.1. The molecule has 2 N–H and O–H groups in total. The largest absolute Gasteiger partial charge is 0.508 e. The van der Waals surface area contributed by atoms with Crippen molar-refractivity contribution in [1.82, 2.24) is 9.88 Å². The van der Waals surface area contributed by atoms with Crippen molar-refractivity contribution < 1.29 is 19.8 Å². The van der Waals surface area contributed by atoms with Crippen LogP contribution in [0.4, 0.5) is 0 Å². The third-order valence-corrected chi connectivity index (χ3v) is 6.42. The van der Waals surface area contributed by atoms with Crippen LogP contribution in [-0.4, -0.2) is 31.8 Å². The Morgan fingerprint density at radius 3 is 2.58 bits per heavy atom. The van der Waals surface area contributed by atoms with Gasteiger partial charge >= 0.3 is 0 Å². The fourth-order valence-electron chi connectivity index (χ4n) is 4.81. The minimum absolute atomic E-state index is 0.0215. The van der Waals surface area contributed by atoms with Gasteiger partial charge in [-0.3, -0.25) is 14.6 Å². The Balaban J connectivity index is 1.64. The van der Waals surface area contributed by atoms with Gasteiger partial charge in [-0.2, -0.15) is 0 Å². The number of aliphatic hydroxyl groups is 1. The van der Waals surface area contributed by atoms with E-state index in [0.717, 1.165) is 31.2 Å². The van der Waals surface area contributed by atoms with E-state index in [1.807, 2.05) is 24.3 Å². The Bertz CT molecular complexity index is 1270. The Hall–Kier alpha value is -3.93. The summed E-state index contributed by atoms with van der Waals surface area (Å²) in [5.74, 6) is -1.59. The van der Waals surface area contributed by atoms with Gasteiger partial charge in [0.05, 0.1) is 11.6 Å². The molecule has 0 bridgehead atoms. The molecule has 5 rings (SSSR count). The number of Topliss-reactive ketones (excluding diaryl/α,β-unsaturated/α-hetero) is 1. The summed E-state index contributed by atoms with van der Waals surface area (Å²) in [6.07, 6.45) is 7.46. The molecule has 3 aromatic rings. The number of phenols is 1. The molecule has 166 valence electrons. The number of likely N-dealkylation sites (tertiary alicyclic amines) is 1. The predicted molar refractivity (Wildman–Crippen MR) is 123 cm³/mol. The van der Waals surface area contributed by atoms with Crippen LogP contribution in [0.1, 0.15) is 46.7 Å². The van der Waals surface area contributed by atoms with Crippen molar-refractivity contribution in [3.63, 3.8) is 0 Å². The number of aromatic hydroxyl groups is 1. The highest BCUT2D eigenvalue weighted by Crippen LogP contribution is 2.41. The third kappa shape index (κ3) is 3.89. The summed E-state index contributed by atoms with van der Waals surface area (Å²) >= 11 is 0. The Morgan fingerprint density at radius 2 is 1.82 bits per heavy atom. The number of pyridine rings is 1. The SMILES string of the molecule is O=C1C(=O)N(Cc2cccnc2)C(c2cccc(O)c2)/C1=C(/O)c1ccc2c(c1)CCCC2. The Morgan fingerprint density at radius 1 is 1.00 bits per heavy atom. The number of carbonyl (C=O) groups is 2. The molecule has 2 heterocycles. The molecule has 0 spiro atoms. The van der Waals surface area contributed by atoms with Gasteiger partial charge < -0.3 is 15.1 Å². The molecule has 1 aliphatic carbocycles. The average Bonchev–Trinajstić information content (AvgIpc) is 3.09. The number of carbonyl (C=O) groups excluding carboxylic acids is 2. The molecule has 1 amide bonds. The number of benzene rings is 2. The van der Waals surface area contributed by atoms with Gasteiger partial charge in [0, 0.05) is 24.5 Å². The number of phenolic OH excluding ortho intramolecular Hbond substituents is 1.